The number of hydrogen-bond donors (Lipinski definition) is 1. The van der Waals surface area contributed by atoms with Crippen molar-refractivity contribution in [3.63, 3.8) is 0 Å². The Morgan fingerprint density at radius 1 is 1.25 bits per heavy atom. The summed E-state index contributed by atoms with van der Waals surface area (Å²) in [6.45, 7) is 2.10. The minimum atomic E-state index is -0.330. The third-order valence-corrected chi connectivity index (χ3v) is 4.76. The molecule has 106 valence electrons. The van der Waals surface area contributed by atoms with E-state index in [-0.39, 0.29) is 5.54 Å². The topological polar surface area (TPSA) is 64.9 Å². The van der Waals surface area contributed by atoms with Gasteiger partial charge in [-0.05, 0) is 31.7 Å². The van der Waals surface area contributed by atoms with E-state index in [2.05, 4.69) is 41.3 Å². The highest BCUT2D eigenvalue weighted by Crippen LogP contribution is 2.37. The molecule has 1 aromatic carbocycles. The molecule has 2 aromatic rings. The highest BCUT2D eigenvalue weighted by molar-refractivity contribution is 7.97. The van der Waals surface area contributed by atoms with Crippen molar-refractivity contribution >= 4 is 11.8 Å². The largest absolute Gasteiger partial charge is 0.338 e. The number of aromatic nitrogens is 2. The van der Waals surface area contributed by atoms with Crippen LogP contribution < -0.4 is 5.73 Å². The molecule has 1 aliphatic carbocycles. The Morgan fingerprint density at radius 2 is 2.00 bits per heavy atom. The van der Waals surface area contributed by atoms with Crippen molar-refractivity contribution in [1.82, 2.24) is 10.1 Å². The fraction of sp³-hybridized carbons (Fsp3) is 0.467. The number of thioether (sulfide) groups is 1. The molecule has 1 aliphatic rings. The Balaban J connectivity index is 1.52. The second-order valence-electron chi connectivity index (χ2n) is 5.50. The monoisotopic (exact) mass is 289 g/mol. The van der Waals surface area contributed by atoms with Crippen LogP contribution in [0.2, 0.25) is 0 Å². The van der Waals surface area contributed by atoms with Gasteiger partial charge in [-0.1, -0.05) is 35.0 Å². The molecular formula is C15H19N3OS. The van der Waals surface area contributed by atoms with Gasteiger partial charge in [0, 0.05) is 5.75 Å². The maximum atomic E-state index is 6.18. The minimum Gasteiger partial charge on any atom is -0.338 e. The third kappa shape index (κ3) is 2.88. The predicted molar refractivity (Wildman–Crippen MR) is 80.2 cm³/mol. The minimum absolute atomic E-state index is 0.330. The molecule has 1 heterocycles. The van der Waals surface area contributed by atoms with E-state index in [0.717, 1.165) is 30.8 Å². The van der Waals surface area contributed by atoms with Crippen molar-refractivity contribution in [3.05, 3.63) is 47.1 Å². The van der Waals surface area contributed by atoms with Crippen LogP contribution in [0.25, 0.3) is 0 Å². The van der Waals surface area contributed by atoms with Crippen LogP contribution in [-0.2, 0) is 17.0 Å². The Bertz CT molecular complexity index is 575. The van der Waals surface area contributed by atoms with Crippen LogP contribution in [0, 0.1) is 6.92 Å². The van der Waals surface area contributed by atoms with E-state index in [9.17, 15) is 0 Å². The van der Waals surface area contributed by atoms with Gasteiger partial charge in [0.1, 0.15) is 0 Å². The Morgan fingerprint density at radius 3 is 2.65 bits per heavy atom. The van der Waals surface area contributed by atoms with Crippen LogP contribution in [0.1, 0.15) is 42.1 Å². The number of nitrogens with two attached hydrogens (primary N) is 1. The van der Waals surface area contributed by atoms with E-state index in [1.165, 1.54) is 11.1 Å². The first-order chi connectivity index (χ1) is 9.66. The molecule has 0 amide bonds. The number of benzene rings is 1. The van der Waals surface area contributed by atoms with Crippen molar-refractivity contribution in [3.8, 4) is 0 Å². The first-order valence-electron chi connectivity index (χ1n) is 6.91. The van der Waals surface area contributed by atoms with Crippen LogP contribution in [0.15, 0.2) is 28.8 Å². The quantitative estimate of drug-likeness (QED) is 0.916. The molecule has 1 saturated carbocycles. The molecule has 0 bridgehead atoms. The molecule has 4 nitrogen and oxygen atoms in total. The van der Waals surface area contributed by atoms with Crippen molar-refractivity contribution in [2.24, 2.45) is 5.73 Å². The van der Waals surface area contributed by atoms with Gasteiger partial charge < -0.3 is 10.3 Å². The molecule has 1 aromatic heterocycles. The van der Waals surface area contributed by atoms with Gasteiger partial charge in [-0.3, -0.25) is 0 Å². The molecule has 20 heavy (non-hydrogen) atoms. The maximum Gasteiger partial charge on any atom is 0.236 e. The Labute approximate surface area is 123 Å². The third-order valence-electron chi connectivity index (χ3n) is 3.77. The Kier molecular flexibility index (Phi) is 3.81. The van der Waals surface area contributed by atoms with Gasteiger partial charge in [-0.25, -0.2) is 0 Å². The molecular weight excluding hydrogens is 270 g/mol. The van der Waals surface area contributed by atoms with Gasteiger partial charge >= 0.3 is 0 Å². The van der Waals surface area contributed by atoms with Crippen molar-refractivity contribution in [1.29, 1.82) is 0 Å². The van der Waals surface area contributed by atoms with E-state index in [1.807, 2.05) is 0 Å². The van der Waals surface area contributed by atoms with Gasteiger partial charge in [0.05, 0.1) is 11.3 Å². The lowest BCUT2D eigenvalue weighted by atomic mass is 9.77. The van der Waals surface area contributed by atoms with E-state index >= 15 is 0 Å². The molecule has 5 heteroatoms. The summed E-state index contributed by atoms with van der Waals surface area (Å²) in [6.07, 6.45) is 3.08. The summed E-state index contributed by atoms with van der Waals surface area (Å²) in [4.78, 5) is 4.43. The molecule has 0 unspecified atom stereocenters. The molecule has 0 radical (unpaired) electrons. The molecule has 3 rings (SSSR count). The number of rotatable bonds is 5. The Hall–Kier alpha value is -1.33. The van der Waals surface area contributed by atoms with Gasteiger partial charge in [0.15, 0.2) is 5.82 Å². The summed E-state index contributed by atoms with van der Waals surface area (Å²) in [5.41, 5.74) is 8.45. The highest BCUT2D eigenvalue weighted by atomic mass is 32.2. The van der Waals surface area contributed by atoms with E-state index in [1.54, 1.807) is 11.8 Å². The molecule has 1 fully saturated rings. The second kappa shape index (κ2) is 5.58. The number of aryl methyl sites for hydroxylation is 1. The number of nitrogens with zero attached hydrogens (tertiary/aromatic N) is 2. The van der Waals surface area contributed by atoms with Crippen LogP contribution in [-0.4, -0.2) is 10.1 Å². The zero-order chi connectivity index (χ0) is 14.0. The average Bonchev–Trinajstić information content (AvgIpc) is 2.87. The summed E-state index contributed by atoms with van der Waals surface area (Å²) < 4.78 is 5.28. The van der Waals surface area contributed by atoms with E-state index in [4.69, 9.17) is 10.3 Å². The predicted octanol–water partition coefficient (Wildman–Crippen LogP) is 3.15. The molecule has 0 aliphatic heterocycles. The highest BCUT2D eigenvalue weighted by Gasteiger charge is 2.38. The van der Waals surface area contributed by atoms with Gasteiger partial charge in [0.25, 0.3) is 0 Å². The smallest absolute Gasteiger partial charge is 0.236 e. The van der Waals surface area contributed by atoms with Crippen LogP contribution >= 0.6 is 11.8 Å². The van der Waals surface area contributed by atoms with Crippen LogP contribution in [0.4, 0.5) is 0 Å². The second-order valence-corrected chi connectivity index (χ2v) is 6.49. The standard InChI is InChI=1S/C15H19N3OS/c1-11-3-5-12(6-4-11)9-20-10-13-17-14(18-19-13)15(16)7-2-8-15/h3-6H,2,7-10,16H2,1H3. The van der Waals surface area contributed by atoms with Gasteiger partial charge in [-0.15, -0.1) is 11.8 Å². The summed E-state index contributed by atoms with van der Waals surface area (Å²) in [7, 11) is 0. The zero-order valence-electron chi connectivity index (χ0n) is 11.6. The lowest BCUT2D eigenvalue weighted by Gasteiger charge is -2.34. The summed E-state index contributed by atoms with van der Waals surface area (Å²) >= 11 is 1.78. The lowest BCUT2D eigenvalue weighted by Crippen LogP contribution is -2.44. The molecule has 0 saturated heterocycles. The molecule has 0 spiro atoms. The van der Waals surface area contributed by atoms with Crippen molar-refractivity contribution in [2.75, 3.05) is 0 Å². The number of hydrogen-bond acceptors (Lipinski definition) is 5. The normalized spacial score (nSPS) is 16.9. The SMILES string of the molecule is Cc1ccc(CSCc2nc(C3(N)CCC3)no2)cc1. The van der Waals surface area contributed by atoms with E-state index in [0.29, 0.717) is 11.7 Å². The van der Waals surface area contributed by atoms with Gasteiger partial charge in [0.2, 0.25) is 5.89 Å². The maximum absolute atomic E-state index is 6.18. The van der Waals surface area contributed by atoms with Crippen LogP contribution in [0.3, 0.4) is 0 Å². The average molecular weight is 289 g/mol. The molecule has 0 atom stereocenters. The molecule has 2 N–H and O–H groups in total. The summed E-state index contributed by atoms with van der Waals surface area (Å²) in [6, 6.07) is 8.58. The van der Waals surface area contributed by atoms with Crippen molar-refractivity contribution in [2.45, 2.75) is 43.2 Å². The fourth-order valence-corrected chi connectivity index (χ4v) is 3.06. The summed E-state index contributed by atoms with van der Waals surface area (Å²) in [5.74, 6) is 3.03. The van der Waals surface area contributed by atoms with E-state index < -0.39 is 0 Å². The first kappa shape index (κ1) is 13.6. The fourth-order valence-electron chi connectivity index (χ4n) is 2.24. The first-order valence-corrected chi connectivity index (χ1v) is 8.06. The van der Waals surface area contributed by atoms with Gasteiger partial charge in [-0.2, -0.15) is 4.98 Å². The van der Waals surface area contributed by atoms with Crippen LogP contribution in [0.5, 0.6) is 0 Å². The summed E-state index contributed by atoms with van der Waals surface area (Å²) in [5, 5.41) is 4.02. The zero-order valence-corrected chi connectivity index (χ0v) is 12.4. The van der Waals surface area contributed by atoms with Crippen molar-refractivity contribution < 1.29 is 4.52 Å². The lowest BCUT2D eigenvalue weighted by molar-refractivity contribution is 0.229.